The number of morpholine rings is 1. The number of carbonyl (C=O) groups is 2. The Morgan fingerprint density at radius 3 is 2.47 bits per heavy atom. The van der Waals surface area contributed by atoms with E-state index in [1.54, 1.807) is 24.3 Å². The minimum Gasteiger partial charge on any atom is -0.496 e. The van der Waals surface area contributed by atoms with E-state index in [9.17, 15) is 18.0 Å². The van der Waals surface area contributed by atoms with Crippen molar-refractivity contribution in [3.8, 4) is 5.75 Å². The van der Waals surface area contributed by atoms with Crippen molar-refractivity contribution < 1.29 is 27.5 Å². The van der Waals surface area contributed by atoms with Crippen LogP contribution >= 0.6 is 0 Å². The first-order chi connectivity index (χ1) is 15.4. The molecule has 1 heterocycles. The number of rotatable bonds is 8. The molecule has 0 bridgehead atoms. The molecule has 0 spiro atoms. The first-order valence-electron chi connectivity index (χ1n) is 10.3. The van der Waals surface area contributed by atoms with E-state index in [0.717, 1.165) is 6.42 Å². The number of nitrogens with one attached hydrogen (secondary N) is 2. The Balaban J connectivity index is 1.90. The van der Waals surface area contributed by atoms with Gasteiger partial charge in [0.1, 0.15) is 5.75 Å². The standard InChI is InChI=1S/C22H27N3O6S/c1-3-10-23-21(26)17-6-4-5-7-19(17)24-22(27)18-15-16(8-9-20(18)30-2)32(28,29)25-11-13-31-14-12-25/h4-9,15H,3,10-14H2,1-2H3,(H,23,26)(H,24,27). The van der Waals surface area contributed by atoms with Gasteiger partial charge < -0.3 is 20.1 Å². The summed E-state index contributed by atoms with van der Waals surface area (Å²) >= 11 is 0. The van der Waals surface area contributed by atoms with E-state index in [2.05, 4.69) is 10.6 Å². The molecule has 2 aromatic carbocycles. The SMILES string of the molecule is CCCNC(=O)c1ccccc1NC(=O)c1cc(S(=O)(=O)N2CCOCC2)ccc1OC. The van der Waals surface area contributed by atoms with E-state index in [-0.39, 0.29) is 35.2 Å². The molecule has 0 aliphatic carbocycles. The summed E-state index contributed by atoms with van der Waals surface area (Å²) in [6, 6.07) is 10.8. The van der Waals surface area contributed by atoms with Crippen LogP contribution in [0.25, 0.3) is 0 Å². The molecular formula is C22H27N3O6S. The van der Waals surface area contributed by atoms with Crippen molar-refractivity contribution >= 4 is 27.5 Å². The summed E-state index contributed by atoms with van der Waals surface area (Å²) in [6.07, 6.45) is 0.780. The molecule has 10 heteroatoms. The summed E-state index contributed by atoms with van der Waals surface area (Å²) in [4.78, 5) is 25.5. The van der Waals surface area contributed by atoms with Crippen LogP contribution in [0.3, 0.4) is 0 Å². The molecule has 2 amide bonds. The zero-order valence-electron chi connectivity index (χ0n) is 18.1. The second kappa shape index (κ2) is 10.6. The van der Waals surface area contributed by atoms with E-state index in [1.165, 1.54) is 29.6 Å². The maximum Gasteiger partial charge on any atom is 0.259 e. The number of hydrogen-bond donors (Lipinski definition) is 2. The Morgan fingerprint density at radius 1 is 1.06 bits per heavy atom. The Labute approximate surface area is 187 Å². The number of para-hydroxylation sites is 1. The number of methoxy groups -OCH3 is 1. The molecular weight excluding hydrogens is 434 g/mol. The van der Waals surface area contributed by atoms with Crippen LogP contribution in [0.4, 0.5) is 5.69 Å². The maximum atomic E-state index is 13.1. The van der Waals surface area contributed by atoms with Crippen molar-refractivity contribution in [1.82, 2.24) is 9.62 Å². The first-order valence-corrected chi connectivity index (χ1v) is 11.8. The van der Waals surface area contributed by atoms with Crippen LogP contribution in [0.1, 0.15) is 34.1 Å². The molecule has 0 unspecified atom stereocenters. The molecule has 0 saturated carbocycles. The van der Waals surface area contributed by atoms with Crippen molar-refractivity contribution in [2.24, 2.45) is 0 Å². The summed E-state index contributed by atoms with van der Waals surface area (Å²) in [5.41, 5.74) is 0.672. The van der Waals surface area contributed by atoms with Crippen LogP contribution in [0.2, 0.25) is 0 Å². The van der Waals surface area contributed by atoms with E-state index in [1.807, 2.05) is 6.92 Å². The van der Waals surface area contributed by atoms with E-state index >= 15 is 0 Å². The third-order valence-corrected chi connectivity index (χ3v) is 6.87. The second-order valence-corrected chi connectivity index (χ2v) is 9.07. The summed E-state index contributed by atoms with van der Waals surface area (Å²) in [6.45, 7) is 3.58. The number of sulfonamides is 1. The lowest BCUT2D eigenvalue weighted by molar-refractivity contribution is 0.0730. The fourth-order valence-electron chi connectivity index (χ4n) is 3.27. The molecule has 3 rings (SSSR count). The van der Waals surface area contributed by atoms with Gasteiger partial charge in [0.05, 0.1) is 42.0 Å². The fourth-order valence-corrected chi connectivity index (χ4v) is 4.71. The normalized spacial score (nSPS) is 14.6. The highest BCUT2D eigenvalue weighted by Crippen LogP contribution is 2.26. The predicted octanol–water partition coefficient (Wildman–Crippen LogP) is 2.11. The first kappa shape index (κ1) is 23.7. The minimum absolute atomic E-state index is 0.0145. The number of amides is 2. The highest BCUT2D eigenvalue weighted by molar-refractivity contribution is 7.89. The Kier molecular flexibility index (Phi) is 7.84. The molecule has 0 radical (unpaired) electrons. The van der Waals surface area contributed by atoms with E-state index < -0.39 is 15.9 Å². The lowest BCUT2D eigenvalue weighted by Gasteiger charge is -2.26. The summed E-state index contributed by atoms with van der Waals surface area (Å²) in [5.74, 6) is -0.675. The molecule has 9 nitrogen and oxygen atoms in total. The van der Waals surface area contributed by atoms with Gasteiger partial charge in [0, 0.05) is 19.6 Å². The molecule has 1 aliphatic rings. The molecule has 32 heavy (non-hydrogen) atoms. The van der Waals surface area contributed by atoms with Gasteiger partial charge in [-0.3, -0.25) is 9.59 Å². The highest BCUT2D eigenvalue weighted by Gasteiger charge is 2.28. The Morgan fingerprint density at radius 2 is 1.78 bits per heavy atom. The van der Waals surface area contributed by atoms with E-state index in [4.69, 9.17) is 9.47 Å². The van der Waals surface area contributed by atoms with E-state index in [0.29, 0.717) is 31.0 Å². The van der Waals surface area contributed by atoms with Crippen LogP contribution in [0, 0.1) is 0 Å². The lowest BCUT2D eigenvalue weighted by atomic mass is 10.1. The second-order valence-electron chi connectivity index (χ2n) is 7.13. The van der Waals surface area contributed by atoms with Crippen LogP contribution in [-0.2, 0) is 14.8 Å². The topological polar surface area (TPSA) is 114 Å². The molecule has 1 saturated heterocycles. The van der Waals surface area contributed by atoms with Crippen LogP contribution in [0.15, 0.2) is 47.4 Å². The molecule has 1 fully saturated rings. The van der Waals surface area contributed by atoms with Gasteiger partial charge in [-0.05, 0) is 36.8 Å². The summed E-state index contributed by atoms with van der Waals surface area (Å²) in [7, 11) is -2.40. The fraction of sp³-hybridized carbons (Fsp3) is 0.364. The minimum atomic E-state index is -3.79. The van der Waals surface area contributed by atoms with Gasteiger partial charge in [0.2, 0.25) is 10.0 Å². The van der Waals surface area contributed by atoms with Gasteiger partial charge in [0.15, 0.2) is 0 Å². The quantitative estimate of drug-likeness (QED) is 0.622. The number of ether oxygens (including phenoxy) is 2. The van der Waals surface area contributed by atoms with Crippen molar-refractivity contribution in [2.45, 2.75) is 18.2 Å². The monoisotopic (exact) mass is 461 g/mol. The van der Waals surface area contributed by atoms with Crippen molar-refractivity contribution in [3.63, 3.8) is 0 Å². The molecule has 1 aliphatic heterocycles. The lowest BCUT2D eigenvalue weighted by Crippen LogP contribution is -2.40. The third-order valence-electron chi connectivity index (χ3n) is 4.98. The van der Waals surface area contributed by atoms with Gasteiger partial charge in [-0.2, -0.15) is 4.31 Å². The van der Waals surface area contributed by atoms with Gasteiger partial charge in [-0.1, -0.05) is 19.1 Å². The van der Waals surface area contributed by atoms with Crippen LogP contribution in [-0.4, -0.2) is 64.5 Å². The molecule has 0 aromatic heterocycles. The van der Waals surface area contributed by atoms with Gasteiger partial charge in [-0.15, -0.1) is 0 Å². The number of carbonyl (C=O) groups excluding carboxylic acids is 2. The zero-order chi connectivity index (χ0) is 23.1. The van der Waals surface area contributed by atoms with Crippen LogP contribution < -0.4 is 15.4 Å². The number of benzene rings is 2. The van der Waals surface area contributed by atoms with Gasteiger partial charge in [0.25, 0.3) is 11.8 Å². The van der Waals surface area contributed by atoms with Crippen molar-refractivity contribution in [3.05, 3.63) is 53.6 Å². The smallest absolute Gasteiger partial charge is 0.259 e. The average molecular weight is 462 g/mol. The number of nitrogens with zero attached hydrogens (tertiary/aromatic N) is 1. The summed E-state index contributed by atoms with van der Waals surface area (Å²) < 4.78 is 37.9. The Bertz CT molecular complexity index is 1080. The molecule has 2 aromatic rings. The molecule has 172 valence electrons. The summed E-state index contributed by atoms with van der Waals surface area (Å²) in [5, 5.41) is 5.49. The van der Waals surface area contributed by atoms with Crippen molar-refractivity contribution in [2.75, 3.05) is 45.3 Å². The molecule has 2 N–H and O–H groups in total. The Hall–Kier alpha value is -2.95. The predicted molar refractivity (Wildman–Crippen MR) is 120 cm³/mol. The van der Waals surface area contributed by atoms with Gasteiger partial charge >= 0.3 is 0 Å². The highest BCUT2D eigenvalue weighted by atomic mass is 32.2. The average Bonchev–Trinajstić information content (AvgIpc) is 2.82. The largest absolute Gasteiger partial charge is 0.496 e. The van der Waals surface area contributed by atoms with Crippen molar-refractivity contribution in [1.29, 1.82) is 0 Å². The molecule has 0 atom stereocenters. The third kappa shape index (κ3) is 5.26. The maximum absolute atomic E-state index is 13.1. The number of anilines is 1. The number of hydrogen-bond acceptors (Lipinski definition) is 6. The zero-order valence-corrected chi connectivity index (χ0v) is 18.9. The van der Waals surface area contributed by atoms with Crippen LogP contribution in [0.5, 0.6) is 5.75 Å². The van der Waals surface area contributed by atoms with Gasteiger partial charge in [-0.25, -0.2) is 8.42 Å².